The number of aryl methyl sites for hydroxylation is 1. The van der Waals surface area contributed by atoms with E-state index in [0.717, 1.165) is 5.56 Å². The summed E-state index contributed by atoms with van der Waals surface area (Å²) in [6.07, 6.45) is 0. The summed E-state index contributed by atoms with van der Waals surface area (Å²) < 4.78 is 5.60. The Morgan fingerprint density at radius 1 is 1.25 bits per heavy atom. The van der Waals surface area contributed by atoms with Crippen LogP contribution in [0.2, 0.25) is 5.02 Å². The summed E-state index contributed by atoms with van der Waals surface area (Å²) in [6.45, 7) is 3.10. The number of carbonyl (C=O) groups is 1. The molecule has 1 amide bonds. The molecule has 1 heterocycles. The average molecular weight is 345 g/mol. The molecule has 0 saturated carbocycles. The number of carbonyl (C=O) groups excluding carboxylic acids is 1. The Balaban J connectivity index is 1.59. The lowest BCUT2D eigenvalue weighted by molar-refractivity contribution is -0.132. The molecule has 0 unspecified atom stereocenters. The first-order valence-electron chi connectivity index (χ1n) is 8.02. The van der Waals surface area contributed by atoms with Crippen LogP contribution >= 0.6 is 11.6 Å². The van der Waals surface area contributed by atoms with Gasteiger partial charge in [-0.25, -0.2) is 0 Å². The van der Waals surface area contributed by atoms with Crippen LogP contribution in [0.25, 0.3) is 0 Å². The molecule has 5 heteroatoms. The molecule has 0 radical (unpaired) electrons. The summed E-state index contributed by atoms with van der Waals surface area (Å²) in [6, 6.07) is 15.4. The van der Waals surface area contributed by atoms with Gasteiger partial charge in [0.15, 0.2) is 6.61 Å². The van der Waals surface area contributed by atoms with Gasteiger partial charge in [0.1, 0.15) is 5.75 Å². The minimum Gasteiger partial charge on any atom is -0.484 e. The highest BCUT2D eigenvalue weighted by Crippen LogP contribution is 2.26. The first kappa shape index (κ1) is 16.8. The Bertz CT molecular complexity index is 721. The number of nitrogens with zero attached hydrogens (tertiary/aromatic N) is 1. The lowest BCUT2D eigenvalue weighted by atomic mass is 9.95. The van der Waals surface area contributed by atoms with E-state index < -0.39 is 0 Å². The topological polar surface area (TPSA) is 55.6 Å². The van der Waals surface area contributed by atoms with Crippen molar-refractivity contribution in [3.63, 3.8) is 0 Å². The molecule has 2 atom stereocenters. The quantitative estimate of drug-likeness (QED) is 0.927. The molecule has 1 saturated heterocycles. The fourth-order valence-corrected chi connectivity index (χ4v) is 3.15. The normalized spacial score (nSPS) is 20.2. The van der Waals surface area contributed by atoms with Gasteiger partial charge in [-0.2, -0.15) is 0 Å². The van der Waals surface area contributed by atoms with E-state index in [-0.39, 0.29) is 24.5 Å². The van der Waals surface area contributed by atoms with Gasteiger partial charge in [0, 0.05) is 30.1 Å². The van der Waals surface area contributed by atoms with Gasteiger partial charge in [-0.15, -0.1) is 0 Å². The van der Waals surface area contributed by atoms with Crippen LogP contribution in [0.4, 0.5) is 0 Å². The molecule has 2 N–H and O–H groups in total. The van der Waals surface area contributed by atoms with E-state index in [1.165, 1.54) is 5.56 Å². The third-order valence-electron chi connectivity index (χ3n) is 4.44. The van der Waals surface area contributed by atoms with Crippen LogP contribution in [0.15, 0.2) is 48.5 Å². The summed E-state index contributed by atoms with van der Waals surface area (Å²) >= 11 is 5.99. The maximum Gasteiger partial charge on any atom is 0.260 e. The minimum atomic E-state index is -0.0471. The standard InChI is InChI=1S/C19H21ClN2O2/c1-13-9-15(7-8-17(13)20)24-12-19(23)22-10-16(18(21)11-22)14-5-3-2-4-6-14/h2-9,16,18H,10-12,21H2,1H3/t16-,18+/m0/s1. The number of hydrogen-bond donors (Lipinski definition) is 1. The zero-order chi connectivity index (χ0) is 17.1. The SMILES string of the molecule is Cc1cc(OCC(=O)N2C[C@@H](N)[C@H](c3ccccc3)C2)ccc1Cl. The van der Waals surface area contributed by atoms with E-state index in [9.17, 15) is 4.79 Å². The van der Waals surface area contributed by atoms with Gasteiger partial charge in [-0.05, 0) is 36.2 Å². The summed E-state index contributed by atoms with van der Waals surface area (Å²) in [7, 11) is 0. The molecule has 24 heavy (non-hydrogen) atoms. The Kier molecular flexibility index (Phi) is 5.07. The number of rotatable bonds is 4. The van der Waals surface area contributed by atoms with Crippen molar-refractivity contribution in [2.24, 2.45) is 5.73 Å². The Morgan fingerprint density at radius 3 is 2.71 bits per heavy atom. The number of halogens is 1. The predicted octanol–water partition coefficient (Wildman–Crippen LogP) is 2.98. The van der Waals surface area contributed by atoms with Crippen molar-refractivity contribution in [3.05, 3.63) is 64.7 Å². The van der Waals surface area contributed by atoms with Gasteiger partial charge in [-0.3, -0.25) is 4.79 Å². The average Bonchev–Trinajstić information content (AvgIpc) is 2.98. The highest BCUT2D eigenvalue weighted by Gasteiger charge is 2.33. The molecular formula is C19H21ClN2O2. The molecule has 1 aliphatic heterocycles. The van der Waals surface area contributed by atoms with Gasteiger partial charge in [0.05, 0.1) is 0 Å². The van der Waals surface area contributed by atoms with Gasteiger partial charge in [0.25, 0.3) is 5.91 Å². The fourth-order valence-electron chi connectivity index (χ4n) is 3.03. The van der Waals surface area contributed by atoms with Crippen LogP contribution in [-0.4, -0.2) is 36.5 Å². The van der Waals surface area contributed by atoms with Gasteiger partial charge < -0.3 is 15.4 Å². The lowest BCUT2D eigenvalue weighted by Crippen LogP contribution is -2.35. The molecule has 0 spiro atoms. The van der Waals surface area contributed by atoms with Crippen molar-refractivity contribution in [1.29, 1.82) is 0 Å². The van der Waals surface area contributed by atoms with Crippen LogP contribution in [0, 0.1) is 6.92 Å². The molecule has 126 valence electrons. The summed E-state index contributed by atoms with van der Waals surface area (Å²) in [5.41, 5.74) is 8.33. The largest absolute Gasteiger partial charge is 0.484 e. The van der Waals surface area contributed by atoms with Crippen molar-refractivity contribution < 1.29 is 9.53 Å². The first-order valence-corrected chi connectivity index (χ1v) is 8.39. The predicted molar refractivity (Wildman–Crippen MR) is 95.4 cm³/mol. The van der Waals surface area contributed by atoms with E-state index >= 15 is 0 Å². The van der Waals surface area contributed by atoms with Crippen LogP contribution in [-0.2, 0) is 4.79 Å². The smallest absolute Gasteiger partial charge is 0.260 e. The highest BCUT2D eigenvalue weighted by atomic mass is 35.5. The first-order chi connectivity index (χ1) is 11.5. The van der Waals surface area contributed by atoms with Crippen LogP contribution in [0.3, 0.4) is 0 Å². The summed E-state index contributed by atoms with van der Waals surface area (Å²) in [4.78, 5) is 14.2. The van der Waals surface area contributed by atoms with E-state index in [0.29, 0.717) is 23.9 Å². The fraction of sp³-hybridized carbons (Fsp3) is 0.316. The summed E-state index contributed by atoms with van der Waals surface area (Å²) in [5, 5.41) is 0.685. The molecular weight excluding hydrogens is 324 g/mol. The molecule has 0 aromatic heterocycles. The lowest BCUT2D eigenvalue weighted by Gasteiger charge is -2.17. The van der Waals surface area contributed by atoms with Crippen molar-refractivity contribution >= 4 is 17.5 Å². The Labute approximate surface area is 147 Å². The minimum absolute atomic E-state index is 0.00923. The van der Waals surface area contributed by atoms with Crippen molar-refractivity contribution in [1.82, 2.24) is 4.90 Å². The third-order valence-corrected chi connectivity index (χ3v) is 4.86. The summed E-state index contributed by atoms with van der Waals surface area (Å²) in [5.74, 6) is 0.776. The van der Waals surface area contributed by atoms with E-state index in [4.69, 9.17) is 22.1 Å². The molecule has 0 bridgehead atoms. The van der Waals surface area contributed by atoms with Crippen LogP contribution in [0.5, 0.6) is 5.75 Å². The number of benzene rings is 2. The second-order valence-corrected chi connectivity index (χ2v) is 6.59. The zero-order valence-electron chi connectivity index (χ0n) is 13.6. The van der Waals surface area contributed by atoms with Gasteiger partial charge >= 0.3 is 0 Å². The second-order valence-electron chi connectivity index (χ2n) is 6.18. The molecule has 3 rings (SSSR count). The number of ether oxygens (including phenoxy) is 1. The van der Waals surface area contributed by atoms with E-state index in [1.54, 1.807) is 17.0 Å². The molecule has 1 aliphatic rings. The number of amides is 1. The van der Waals surface area contributed by atoms with Crippen molar-refractivity contribution in [2.75, 3.05) is 19.7 Å². The molecule has 2 aromatic rings. The maximum absolute atomic E-state index is 12.4. The second kappa shape index (κ2) is 7.24. The Morgan fingerprint density at radius 2 is 2.00 bits per heavy atom. The molecule has 2 aromatic carbocycles. The molecule has 4 nitrogen and oxygen atoms in total. The molecule has 1 fully saturated rings. The van der Waals surface area contributed by atoms with Crippen molar-refractivity contribution in [2.45, 2.75) is 18.9 Å². The van der Waals surface area contributed by atoms with Crippen LogP contribution < -0.4 is 10.5 Å². The van der Waals surface area contributed by atoms with Crippen molar-refractivity contribution in [3.8, 4) is 5.75 Å². The maximum atomic E-state index is 12.4. The number of nitrogens with two attached hydrogens (primary N) is 1. The monoisotopic (exact) mass is 344 g/mol. The van der Waals surface area contributed by atoms with E-state index in [2.05, 4.69) is 12.1 Å². The highest BCUT2D eigenvalue weighted by molar-refractivity contribution is 6.31. The molecule has 0 aliphatic carbocycles. The number of hydrogen-bond acceptors (Lipinski definition) is 3. The van der Waals surface area contributed by atoms with Gasteiger partial charge in [-0.1, -0.05) is 41.9 Å². The third kappa shape index (κ3) is 3.71. The number of likely N-dealkylation sites (tertiary alicyclic amines) is 1. The van der Waals surface area contributed by atoms with E-state index in [1.807, 2.05) is 31.2 Å². The Hall–Kier alpha value is -2.04. The van der Waals surface area contributed by atoms with Gasteiger partial charge in [0.2, 0.25) is 0 Å². The van der Waals surface area contributed by atoms with Crippen LogP contribution in [0.1, 0.15) is 17.0 Å². The zero-order valence-corrected chi connectivity index (χ0v) is 14.4.